The molecule has 0 amide bonds. The van der Waals surface area contributed by atoms with Crippen LogP contribution in [0.25, 0.3) is 16.9 Å². The highest BCUT2D eigenvalue weighted by Gasteiger charge is 2.13. The van der Waals surface area contributed by atoms with E-state index in [2.05, 4.69) is 36.3 Å². The Balaban J connectivity index is 2.06. The van der Waals surface area contributed by atoms with Gasteiger partial charge in [0.25, 0.3) is 0 Å². The lowest BCUT2D eigenvalue weighted by Crippen LogP contribution is -2.02. The number of aryl methyl sites for hydroxylation is 2. The maximum absolute atomic E-state index is 6.20. The number of nitrogens with zero attached hydrogens (tertiary/aromatic N) is 3. The van der Waals surface area contributed by atoms with Crippen LogP contribution in [0.1, 0.15) is 11.1 Å². The molecule has 4 nitrogen and oxygen atoms in total. The third-order valence-corrected chi connectivity index (χ3v) is 3.81. The Bertz CT molecular complexity index is 791. The second kappa shape index (κ2) is 5.22. The van der Waals surface area contributed by atoms with Crippen molar-refractivity contribution in [3.63, 3.8) is 0 Å². The summed E-state index contributed by atoms with van der Waals surface area (Å²) in [7, 11) is 0. The third-order valence-electron chi connectivity index (χ3n) is 3.56. The minimum Gasteiger partial charge on any atom is -0.382 e. The van der Waals surface area contributed by atoms with E-state index in [1.54, 1.807) is 16.8 Å². The first-order valence-corrected chi connectivity index (χ1v) is 6.99. The van der Waals surface area contributed by atoms with Crippen molar-refractivity contribution in [2.75, 3.05) is 5.73 Å². The zero-order valence-corrected chi connectivity index (χ0v) is 12.6. The number of halogens is 1. The average Bonchev–Trinajstić information content (AvgIpc) is 2.85. The molecule has 0 saturated heterocycles. The highest BCUT2D eigenvalue weighted by Crippen LogP contribution is 2.27. The second-order valence-electron chi connectivity index (χ2n) is 5.01. The molecule has 106 valence electrons. The Morgan fingerprint density at radius 2 is 1.71 bits per heavy atom. The maximum Gasteiger partial charge on any atom is 0.155 e. The van der Waals surface area contributed by atoms with Gasteiger partial charge in [-0.2, -0.15) is 4.68 Å². The lowest BCUT2D eigenvalue weighted by Gasteiger charge is -2.05. The van der Waals surface area contributed by atoms with Gasteiger partial charge in [-0.25, -0.2) is 0 Å². The minimum absolute atomic E-state index is 0.514. The first-order chi connectivity index (χ1) is 10.1. The number of rotatable bonds is 2. The van der Waals surface area contributed by atoms with Gasteiger partial charge in [0.2, 0.25) is 0 Å². The highest BCUT2D eigenvalue weighted by molar-refractivity contribution is 6.30. The van der Waals surface area contributed by atoms with Gasteiger partial charge in [-0.15, -0.1) is 5.10 Å². The number of nitrogens with two attached hydrogens (primary N) is 1. The van der Waals surface area contributed by atoms with Crippen molar-refractivity contribution < 1.29 is 0 Å². The summed E-state index contributed by atoms with van der Waals surface area (Å²) < 4.78 is 1.61. The first kappa shape index (κ1) is 13.6. The Morgan fingerprint density at radius 1 is 1.00 bits per heavy atom. The smallest absolute Gasteiger partial charge is 0.155 e. The molecule has 2 aromatic carbocycles. The fourth-order valence-electron chi connectivity index (χ4n) is 2.16. The minimum atomic E-state index is 0.514. The fourth-order valence-corrected chi connectivity index (χ4v) is 2.28. The quantitative estimate of drug-likeness (QED) is 0.783. The summed E-state index contributed by atoms with van der Waals surface area (Å²) in [5.74, 6) is 0.514. The molecule has 0 saturated carbocycles. The predicted octanol–water partition coefficient (Wildman–Crippen LogP) is 3.79. The Hall–Kier alpha value is -2.33. The Morgan fingerprint density at radius 3 is 2.38 bits per heavy atom. The van der Waals surface area contributed by atoms with E-state index in [1.807, 2.05) is 18.2 Å². The van der Waals surface area contributed by atoms with E-state index >= 15 is 0 Å². The van der Waals surface area contributed by atoms with Crippen LogP contribution in [-0.2, 0) is 0 Å². The average molecular weight is 299 g/mol. The molecule has 5 heteroatoms. The van der Waals surface area contributed by atoms with E-state index in [1.165, 1.54) is 11.1 Å². The van der Waals surface area contributed by atoms with Crippen molar-refractivity contribution in [1.82, 2.24) is 15.0 Å². The topological polar surface area (TPSA) is 56.7 Å². The number of benzene rings is 2. The highest BCUT2D eigenvalue weighted by atomic mass is 35.5. The molecule has 0 bridgehead atoms. The van der Waals surface area contributed by atoms with Crippen molar-refractivity contribution in [2.24, 2.45) is 0 Å². The second-order valence-corrected chi connectivity index (χ2v) is 5.45. The van der Waals surface area contributed by atoms with E-state index in [4.69, 9.17) is 17.3 Å². The van der Waals surface area contributed by atoms with Gasteiger partial charge in [0, 0.05) is 10.6 Å². The molecule has 0 fully saturated rings. The summed E-state index contributed by atoms with van der Waals surface area (Å²) in [5, 5.41) is 9.03. The van der Waals surface area contributed by atoms with Gasteiger partial charge >= 0.3 is 0 Å². The van der Waals surface area contributed by atoms with Gasteiger partial charge in [0.15, 0.2) is 5.82 Å². The molecule has 1 heterocycles. The Labute approximate surface area is 128 Å². The van der Waals surface area contributed by atoms with Crippen LogP contribution in [0.2, 0.25) is 5.02 Å². The lowest BCUT2D eigenvalue weighted by molar-refractivity contribution is 0.810. The van der Waals surface area contributed by atoms with E-state index in [0.717, 1.165) is 11.3 Å². The fraction of sp³-hybridized carbons (Fsp3) is 0.125. The number of hydrogen-bond acceptors (Lipinski definition) is 3. The molecule has 0 aliphatic carbocycles. The number of nitrogen functional groups attached to an aromatic ring is 1. The predicted molar refractivity (Wildman–Crippen MR) is 85.7 cm³/mol. The lowest BCUT2D eigenvalue weighted by atomic mass is 10.0. The molecule has 1 aromatic heterocycles. The van der Waals surface area contributed by atoms with Crippen molar-refractivity contribution >= 4 is 17.4 Å². The van der Waals surface area contributed by atoms with Crippen LogP contribution in [0.3, 0.4) is 0 Å². The summed E-state index contributed by atoms with van der Waals surface area (Å²) in [4.78, 5) is 0. The molecule has 0 radical (unpaired) electrons. The normalized spacial score (nSPS) is 10.8. The maximum atomic E-state index is 6.20. The zero-order valence-electron chi connectivity index (χ0n) is 11.8. The first-order valence-electron chi connectivity index (χ1n) is 6.61. The van der Waals surface area contributed by atoms with Gasteiger partial charge in [-0.1, -0.05) is 28.9 Å². The van der Waals surface area contributed by atoms with Gasteiger partial charge in [0.05, 0.1) is 5.69 Å². The van der Waals surface area contributed by atoms with Crippen LogP contribution < -0.4 is 5.73 Å². The molecule has 3 rings (SSSR count). The van der Waals surface area contributed by atoms with Crippen LogP contribution in [0.4, 0.5) is 5.82 Å². The molecular weight excluding hydrogens is 284 g/mol. The summed E-state index contributed by atoms with van der Waals surface area (Å²) in [5.41, 5.74) is 11.1. The van der Waals surface area contributed by atoms with E-state index in [0.29, 0.717) is 16.5 Å². The summed E-state index contributed by atoms with van der Waals surface area (Å²) in [6, 6.07) is 13.5. The van der Waals surface area contributed by atoms with Crippen LogP contribution in [-0.4, -0.2) is 15.0 Å². The molecule has 0 aliphatic rings. The van der Waals surface area contributed by atoms with Gasteiger partial charge in [-0.3, -0.25) is 0 Å². The SMILES string of the molecule is Cc1ccc(-c2nnn(-c3ccc(Cl)cc3)c2N)cc1C. The molecule has 0 spiro atoms. The number of aromatic nitrogens is 3. The summed E-state index contributed by atoms with van der Waals surface area (Å²) >= 11 is 5.90. The number of anilines is 1. The third kappa shape index (κ3) is 2.50. The molecule has 21 heavy (non-hydrogen) atoms. The summed E-state index contributed by atoms with van der Waals surface area (Å²) in [6.07, 6.45) is 0. The molecular formula is C16H15ClN4. The van der Waals surface area contributed by atoms with Crippen LogP contribution in [0, 0.1) is 13.8 Å². The molecule has 2 N–H and O–H groups in total. The van der Waals surface area contributed by atoms with E-state index in [9.17, 15) is 0 Å². The molecule has 3 aromatic rings. The zero-order chi connectivity index (χ0) is 15.0. The number of hydrogen-bond donors (Lipinski definition) is 1. The van der Waals surface area contributed by atoms with E-state index < -0.39 is 0 Å². The van der Waals surface area contributed by atoms with E-state index in [-0.39, 0.29) is 0 Å². The van der Waals surface area contributed by atoms with Crippen LogP contribution in [0.15, 0.2) is 42.5 Å². The van der Waals surface area contributed by atoms with Crippen LogP contribution in [0.5, 0.6) is 0 Å². The van der Waals surface area contributed by atoms with Crippen LogP contribution >= 0.6 is 11.6 Å². The van der Waals surface area contributed by atoms with Gasteiger partial charge in [-0.05, 0) is 55.3 Å². The Kier molecular flexibility index (Phi) is 3.39. The van der Waals surface area contributed by atoms with Crippen molar-refractivity contribution in [3.05, 3.63) is 58.6 Å². The van der Waals surface area contributed by atoms with Crippen molar-refractivity contribution in [1.29, 1.82) is 0 Å². The standard InChI is InChI=1S/C16H15ClN4/c1-10-3-4-12(9-11(10)2)15-16(18)21(20-19-15)14-7-5-13(17)6-8-14/h3-9H,18H2,1-2H3. The largest absolute Gasteiger partial charge is 0.382 e. The van der Waals surface area contributed by atoms with Crippen molar-refractivity contribution in [3.8, 4) is 16.9 Å². The van der Waals surface area contributed by atoms with Gasteiger partial charge in [0.1, 0.15) is 5.69 Å². The van der Waals surface area contributed by atoms with Crippen molar-refractivity contribution in [2.45, 2.75) is 13.8 Å². The molecule has 0 atom stereocenters. The summed E-state index contributed by atoms with van der Waals surface area (Å²) in [6.45, 7) is 4.14. The molecule has 0 unspecified atom stereocenters. The monoisotopic (exact) mass is 298 g/mol. The van der Waals surface area contributed by atoms with Gasteiger partial charge < -0.3 is 5.73 Å². The molecule has 0 aliphatic heterocycles.